The van der Waals surface area contributed by atoms with Gasteiger partial charge in [-0.25, -0.2) is 0 Å². The molecule has 0 aliphatic rings. The third-order valence-corrected chi connectivity index (χ3v) is 3.22. The van der Waals surface area contributed by atoms with Gasteiger partial charge in [-0.3, -0.25) is 19.7 Å². The van der Waals surface area contributed by atoms with Crippen molar-refractivity contribution in [3.63, 3.8) is 0 Å². The molecule has 1 aromatic heterocycles. The molecule has 0 bridgehead atoms. The Morgan fingerprint density at radius 1 is 1.24 bits per heavy atom. The highest BCUT2D eigenvalue weighted by Gasteiger charge is 2.15. The quantitative estimate of drug-likeness (QED) is 0.352. The predicted molar refractivity (Wildman–Crippen MR) is 75.4 cm³/mol. The minimum Gasteiger partial charge on any atom is -0.481 e. The summed E-state index contributed by atoms with van der Waals surface area (Å²) in [5.74, 6) is -1.03. The summed E-state index contributed by atoms with van der Waals surface area (Å²) in [5, 5.41) is 19.8. The second-order valence-corrected chi connectivity index (χ2v) is 4.71. The Kier molecular flexibility index (Phi) is 4.32. The van der Waals surface area contributed by atoms with E-state index >= 15 is 0 Å². The van der Waals surface area contributed by atoms with Crippen molar-refractivity contribution in [1.29, 1.82) is 0 Å². The topological polar surface area (TPSA) is 113 Å². The van der Waals surface area contributed by atoms with Crippen molar-refractivity contribution in [3.8, 4) is 0 Å². The van der Waals surface area contributed by atoms with Crippen LogP contribution in [0.2, 0.25) is 0 Å². The molecule has 0 saturated heterocycles. The molecule has 0 aliphatic carbocycles. The molecule has 0 spiro atoms. The van der Waals surface area contributed by atoms with Crippen LogP contribution in [-0.2, 0) is 4.79 Å². The van der Waals surface area contributed by atoms with E-state index in [1.807, 2.05) is 0 Å². The molecule has 7 nitrogen and oxygen atoms in total. The van der Waals surface area contributed by atoms with Crippen LogP contribution in [0.5, 0.6) is 0 Å². The smallest absolute Gasteiger partial charge is 0.303 e. The monoisotopic (exact) mass is 290 g/mol. The zero-order valence-electron chi connectivity index (χ0n) is 11.2. The molecule has 0 amide bonds. The minimum absolute atomic E-state index is 0.0344. The Labute approximate surface area is 119 Å². The highest BCUT2D eigenvalue weighted by Crippen LogP contribution is 2.25. The molecule has 7 heteroatoms. The number of nitro groups is 1. The second kappa shape index (κ2) is 6.17. The molecule has 21 heavy (non-hydrogen) atoms. The average Bonchev–Trinajstić information content (AvgIpc) is 2.86. The van der Waals surface area contributed by atoms with E-state index in [0.717, 1.165) is 0 Å². The molecule has 0 radical (unpaired) electrons. The van der Waals surface area contributed by atoms with E-state index < -0.39 is 10.9 Å². The van der Waals surface area contributed by atoms with E-state index in [2.05, 4.69) is 4.98 Å². The van der Waals surface area contributed by atoms with Crippen molar-refractivity contribution in [2.45, 2.75) is 25.7 Å². The van der Waals surface area contributed by atoms with Crippen molar-refractivity contribution < 1.29 is 19.6 Å². The van der Waals surface area contributed by atoms with Crippen LogP contribution in [0.1, 0.15) is 36.0 Å². The second-order valence-electron chi connectivity index (χ2n) is 4.71. The Bertz CT molecular complexity index is 704. The van der Waals surface area contributed by atoms with E-state index in [1.54, 1.807) is 6.07 Å². The van der Waals surface area contributed by atoms with E-state index in [-0.39, 0.29) is 24.3 Å². The van der Waals surface area contributed by atoms with Crippen LogP contribution in [0.15, 0.2) is 24.4 Å². The van der Waals surface area contributed by atoms with Crippen LogP contribution in [0.3, 0.4) is 0 Å². The van der Waals surface area contributed by atoms with Gasteiger partial charge in [0.25, 0.3) is 5.69 Å². The van der Waals surface area contributed by atoms with Gasteiger partial charge >= 0.3 is 5.97 Å². The number of hydrogen-bond acceptors (Lipinski definition) is 4. The summed E-state index contributed by atoms with van der Waals surface area (Å²) in [5.41, 5.74) is 1.00. The van der Waals surface area contributed by atoms with E-state index in [9.17, 15) is 19.7 Å². The molecule has 0 fully saturated rings. The Morgan fingerprint density at radius 3 is 2.62 bits per heavy atom. The molecule has 0 aliphatic heterocycles. The maximum atomic E-state index is 12.1. The summed E-state index contributed by atoms with van der Waals surface area (Å²) in [6.07, 6.45) is 2.71. The lowest BCUT2D eigenvalue weighted by Gasteiger charge is -1.99. The summed E-state index contributed by atoms with van der Waals surface area (Å²) in [7, 11) is 0. The number of fused-ring (bicyclic) bond motifs is 1. The number of ketones is 1. The Balaban J connectivity index is 2.13. The number of benzene rings is 1. The van der Waals surface area contributed by atoms with Gasteiger partial charge in [-0.2, -0.15) is 0 Å². The van der Waals surface area contributed by atoms with Crippen molar-refractivity contribution in [1.82, 2.24) is 4.98 Å². The first kappa shape index (κ1) is 14.7. The number of nitro benzene ring substituents is 1. The predicted octanol–water partition coefficient (Wildman–Crippen LogP) is 2.90. The number of nitrogens with one attached hydrogen (secondary N) is 1. The average molecular weight is 290 g/mol. The third kappa shape index (κ3) is 3.44. The zero-order chi connectivity index (χ0) is 15.4. The zero-order valence-corrected chi connectivity index (χ0v) is 11.2. The van der Waals surface area contributed by atoms with Gasteiger partial charge in [0.1, 0.15) is 0 Å². The number of nitrogens with zero attached hydrogens (tertiary/aromatic N) is 1. The minimum atomic E-state index is -0.884. The maximum Gasteiger partial charge on any atom is 0.303 e. The number of carbonyl (C=O) groups excluding carboxylic acids is 1. The lowest BCUT2D eigenvalue weighted by Crippen LogP contribution is -2.00. The molecule has 1 heterocycles. The molecule has 0 atom stereocenters. The largest absolute Gasteiger partial charge is 0.481 e. The molecule has 110 valence electrons. The fraction of sp³-hybridized carbons (Fsp3) is 0.286. The van der Waals surface area contributed by atoms with Gasteiger partial charge in [0.15, 0.2) is 5.78 Å². The van der Waals surface area contributed by atoms with E-state index in [4.69, 9.17) is 5.11 Å². The molecular formula is C14H14N2O5. The first-order chi connectivity index (χ1) is 9.99. The van der Waals surface area contributed by atoms with Crippen LogP contribution in [0.25, 0.3) is 10.9 Å². The number of aromatic amines is 1. The van der Waals surface area contributed by atoms with Crippen molar-refractivity contribution in [3.05, 3.63) is 40.1 Å². The van der Waals surface area contributed by atoms with Gasteiger partial charge in [0.2, 0.25) is 0 Å². The highest BCUT2D eigenvalue weighted by atomic mass is 16.6. The number of unbranched alkanes of at least 4 members (excludes halogenated alkanes) is 1. The molecule has 2 N–H and O–H groups in total. The first-order valence-corrected chi connectivity index (χ1v) is 6.49. The first-order valence-electron chi connectivity index (χ1n) is 6.49. The van der Waals surface area contributed by atoms with Crippen LogP contribution in [0, 0.1) is 10.1 Å². The van der Waals surface area contributed by atoms with Crippen LogP contribution < -0.4 is 0 Å². The van der Waals surface area contributed by atoms with Crippen LogP contribution >= 0.6 is 0 Å². The molecular weight excluding hydrogens is 276 g/mol. The van der Waals surface area contributed by atoms with Gasteiger partial charge in [0, 0.05) is 47.6 Å². The lowest BCUT2D eigenvalue weighted by molar-refractivity contribution is -0.384. The number of carboxylic acid groups (broad SMARTS) is 1. The summed E-state index contributed by atoms with van der Waals surface area (Å²) < 4.78 is 0. The van der Waals surface area contributed by atoms with Gasteiger partial charge in [-0.05, 0) is 18.9 Å². The normalized spacial score (nSPS) is 10.7. The SMILES string of the molecule is O=C(O)CCCCC(=O)c1c[nH]c2ccc([N+](=O)[O-])cc12. The molecule has 2 rings (SSSR count). The summed E-state index contributed by atoms with van der Waals surface area (Å²) in [6, 6.07) is 4.31. The Hall–Kier alpha value is -2.70. The highest BCUT2D eigenvalue weighted by molar-refractivity contribution is 6.08. The number of rotatable bonds is 7. The van der Waals surface area contributed by atoms with Crippen molar-refractivity contribution in [2.24, 2.45) is 0 Å². The number of carboxylic acids is 1. The number of non-ortho nitro benzene ring substituents is 1. The van der Waals surface area contributed by atoms with Gasteiger partial charge in [-0.1, -0.05) is 0 Å². The Morgan fingerprint density at radius 2 is 1.95 bits per heavy atom. The standard InChI is InChI=1S/C14H14N2O5/c17-13(3-1-2-4-14(18)19)11-8-15-12-6-5-9(16(20)21)7-10(11)12/h5-8,15H,1-4H2,(H,18,19). The van der Waals surface area contributed by atoms with Crippen LogP contribution in [-0.4, -0.2) is 26.8 Å². The number of aromatic nitrogens is 1. The number of Topliss-reactive ketones (excluding diaryl/α,β-unsaturated/α-hetero) is 1. The molecule has 0 saturated carbocycles. The maximum absolute atomic E-state index is 12.1. The third-order valence-electron chi connectivity index (χ3n) is 3.22. The number of carbonyl (C=O) groups is 2. The molecule has 1 aromatic carbocycles. The van der Waals surface area contributed by atoms with Gasteiger partial charge < -0.3 is 10.1 Å². The summed E-state index contributed by atoms with van der Waals surface area (Å²) in [4.78, 5) is 35.7. The van der Waals surface area contributed by atoms with Gasteiger partial charge in [0.05, 0.1) is 4.92 Å². The number of hydrogen-bond donors (Lipinski definition) is 2. The fourth-order valence-corrected chi connectivity index (χ4v) is 2.15. The number of H-pyrrole nitrogens is 1. The fourth-order valence-electron chi connectivity index (χ4n) is 2.15. The van der Waals surface area contributed by atoms with Crippen LogP contribution in [0.4, 0.5) is 5.69 Å². The van der Waals surface area contributed by atoms with Gasteiger partial charge in [-0.15, -0.1) is 0 Å². The number of aliphatic carboxylic acids is 1. The van der Waals surface area contributed by atoms with E-state index in [1.165, 1.54) is 18.3 Å². The molecule has 0 unspecified atom stereocenters. The lowest BCUT2D eigenvalue weighted by atomic mass is 10.0. The van der Waals surface area contributed by atoms with E-state index in [0.29, 0.717) is 29.3 Å². The summed E-state index contributed by atoms with van der Waals surface area (Å²) in [6.45, 7) is 0. The van der Waals surface area contributed by atoms with Crippen molar-refractivity contribution in [2.75, 3.05) is 0 Å². The summed E-state index contributed by atoms with van der Waals surface area (Å²) >= 11 is 0. The van der Waals surface area contributed by atoms with Crippen molar-refractivity contribution >= 4 is 28.3 Å². The molecule has 2 aromatic rings.